The number of nitrogen functional groups attached to an aromatic ring is 1. The Morgan fingerprint density at radius 2 is 1.88 bits per heavy atom. The lowest BCUT2D eigenvalue weighted by Crippen LogP contribution is -2.14. The van der Waals surface area contributed by atoms with E-state index in [0.29, 0.717) is 26.3 Å². The van der Waals surface area contributed by atoms with E-state index in [9.17, 15) is 14.4 Å². The van der Waals surface area contributed by atoms with Crippen LogP contribution in [-0.2, 0) is 15.9 Å². The third-order valence-electron chi connectivity index (χ3n) is 4.87. The van der Waals surface area contributed by atoms with Crippen LogP contribution in [0.2, 0.25) is 0 Å². The van der Waals surface area contributed by atoms with Gasteiger partial charge in [-0.15, -0.1) is 22.7 Å². The van der Waals surface area contributed by atoms with Gasteiger partial charge in [-0.3, -0.25) is 4.79 Å². The molecule has 0 aliphatic heterocycles. The number of fused-ring (bicyclic) bond motifs is 1. The van der Waals surface area contributed by atoms with E-state index in [4.69, 9.17) is 15.2 Å². The Kier molecular flexibility index (Phi) is 7.47. The minimum absolute atomic E-state index is 0.119. The third kappa shape index (κ3) is 4.61. The molecule has 0 fully saturated rings. The van der Waals surface area contributed by atoms with Gasteiger partial charge in [0, 0.05) is 11.1 Å². The van der Waals surface area contributed by atoms with Gasteiger partial charge in [0.15, 0.2) is 0 Å². The summed E-state index contributed by atoms with van der Waals surface area (Å²) in [6.07, 6.45) is 2.96. The lowest BCUT2D eigenvalue weighted by atomic mass is 10.1. The molecule has 8 nitrogen and oxygen atoms in total. The number of esters is 2. The number of unbranched alkanes of at least 4 members (excludes halogenated alkanes) is 1. The number of hydrogen-bond donors (Lipinski definition) is 2. The van der Waals surface area contributed by atoms with Crippen molar-refractivity contribution in [3.05, 3.63) is 38.7 Å². The summed E-state index contributed by atoms with van der Waals surface area (Å²) in [4.78, 5) is 43.5. The Bertz CT molecular complexity index is 1180. The van der Waals surface area contributed by atoms with Crippen molar-refractivity contribution in [3.8, 4) is 0 Å². The average molecular weight is 476 g/mol. The van der Waals surface area contributed by atoms with E-state index in [2.05, 4.69) is 17.2 Å². The molecule has 10 heteroatoms. The summed E-state index contributed by atoms with van der Waals surface area (Å²) in [5.41, 5.74) is 8.03. The van der Waals surface area contributed by atoms with E-state index in [0.717, 1.165) is 36.3 Å². The van der Waals surface area contributed by atoms with E-state index in [1.54, 1.807) is 13.8 Å². The Labute approximate surface area is 193 Å². The highest BCUT2D eigenvalue weighted by Crippen LogP contribution is 2.37. The van der Waals surface area contributed by atoms with Crippen LogP contribution in [0.1, 0.15) is 67.6 Å². The largest absolute Gasteiger partial charge is 0.465 e. The van der Waals surface area contributed by atoms with E-state index < -0.39 is 17.8 Å². The van der Waals surface area contributed by atoms with Gasteiger partial charge in [0.1, 0.15) is 19.6 Å². The lowest BCUT2D eigenvalue weighted by Gasteiger charge is -2.05. The second-order valence-electron chi connectivity index (χ2n) is 7.03. The highest BCUT2D eigenvalue weighted by Gasteiger charge is 2.28. The number of nitrogens with one attached hydrogen (secondary N) is 1. The molecule has 0 spiro atoms. The van der Waals surface area contributed by atoms with Gasteiger partial charge in [-0.2, -0.15) is 0 Å². The first kappa shape index (κ1) is 23.7. The SMILES string of the molecule is CCCCc1ccc2c(N)c(C(=O)Nc3sc(C(=O)OCC)c(C)c3C(=O)OC)sc2n1. The van der Waals surface area contributed by atoms with Crippen LogP contribution >= 0.6 is 22.7 Å². The van der Waals surface area contributed by atoms with Gasteiger partial charge in [0.2, 0.25) is 0 Å². The summed E-state index contributed by atoms with van der Waals surface area (Å²) in [5.74, 6) is -1.70. The van der Waals surface area contributed by atoms with Crippen molar-refractivity contribution in [2.75, 3.05) is 24.8 Å². The number of amides is 1. The zero-order valence-electron chi connectivity index (χ0n) is 18.4. The van der Waals surface area contributed by atoms with Crippen LogP contribution in [0.25, 0.3) is 10.2 Å². The number of hydrogen-bond acceptors (Lipinski definition) is 9. The molecule has 32 heavy (non-hydrogen) atoms. The molecule has 3 aromatic rings. The Morgan fingerprint density at radius 3 is 2.53 bits per heavy atom. The summed E-state index contributed by atoms with van der Waals surface area (Å²) in [6.45, 7) is 5.61. The van der Waals surface area contributed by atoms with E-state index in [1.165, 1.54) is 18.4 Å². The summed E-state index contributed by atoms with van der Waals surface area (Å²) in [7, 11) is 1.24. The van der Waals surface area contributed by atoms with Crippen molar-refractivity contribution in [2.24, 2.45) is 0 Å². The smallest absolute Gasteiger partial charge is 0.348 e. The topological polar surface area (TPSA) is 121 Å². The van der Waals surface area contributed by atoms with Crippen molar-refractivity contribution in [1.82, 2.24) is 4.98 Å². The number of pyridine rings is 1. The fourth-order valence-electron chi connectivity index (χ4n) is 3.20. The van der Waals surface area contributed by atoms with Crippen LogP contribution in [0.5, 0.6) is 0 Å². The maximum atomic E-state index is 13.1. The second kappa shape index (κ2) is 10.1. The molecule has 0 aromatic carbocycles. The quantitative estimate of drug-likeness (QED) is 0.449. The van der Waals surface area contributed by atoms with Crippen molar-refractivity contribution in [1.29, 1.82) is 0 Å². The Hall–Kier alpha value is -2.98. The minimum atomic E-state index is -0.656. The zero-order valence-corrected chi connectivity index (χ0v) is 20.0. The van der Waals surface area contributed by atoms with Crippen molar-refractivity contribution < 1.29 is 23.9 Å². The molecule has 0 unspecified atom stereocenters. The van der Waals surface area contributed by atoms with Gasteiger partial charge in [-0.05, 0) is 44.4 Å². The van der Waals surface area contributed by atoms with Gasteiger partial charge in [-0.1, -0.05) is 13.3 Å². The van der Waals surface area contributed by atoms with Crippen molar-refractivity contribution in [3.63, 3.8) is 0 Å². The molecular formula is C22H25N3O5S2. The van der Waals surface area contributed by atoms with Gasteiger partial charge in [0.25, 0.3) is 5.91 Å². The highest BCUT2D eigenvalue weighted by molar-refractivity contribution is 7.21. The molecule has 0 radical (unpaired) electrons. The summed E-state index contributed by atoms with van der Waals surface area (Å²) in [5, 5.41) is 3.64. The molecule has 0 aliphatic carbocycles. The minimum Gasteiger partial charge on any atom is -0.465 e. The molecule has 3 heterocycles. The van der Waals surface area contributed by atoms with Crippen LogP contribution in [0.15, 0.2) is 12.1 Å². The van der Waals surface area contributed by atoms with E-state index >= 15 is 0 Å². The number of aromatic nitrogens is 1. The molecule has 0 bridgehead atoms. The fourth-order valence-corrected chi connectivity index (χ4v) is 5.29. The number of rotatable bonds is 8. The number of carbonyl (C=O) groups is 3. The number of aryl methyl sites for hydroxylation is 1. The number of thiophene rings is 2. The highest BCUT2D eigenvalue weighted by atomic mass is 32.1. The molecule has 0 saturated carbocycles. The molecular weight excluding hydrogens is 450 g/mol. The maximum absolute atomic E-state index is 13.1. The van der Waals surface area contributed by atoms with Crippen LogP contribution in [0.3, 0.4) is 0 Å². The molecule has 0 aliphatic rings. The van der Waals surface area contributed by atoms with Crippen LogP contribution in [0.4, 0.5) is 10.7 Å². The van der Waals surface area contributed by atoms with Crippen LogP contribution in [0, 0.1) is 6.92 Å². The van der Waals surface area contributed by atoms with E-state index in [-0.39, 0.29) is 22.0 Å². The van der Waals surface area contributed by atoms with E-state index in [1.807, 2.05) is 12.1 Å². The third-order valence-corrected chi connectivity index (χ3v) is 7.17. The lowest BCUT2D eigenvalue weighted by molar-refractivity contribution is 0.0531. The van der Waals surface area contributed by atoms with Crippen molar-refractivity contribution in [2.45, 2.75) is 40.0 Å². The van der Waals surface area contributed by atoms with Crippen LogP contribution in [-0.4, -0.2) is 36.5 Å². The first-order valence-electron chi connectivity index (χ1n) is 10.2. The van der Waals surface area contributed by atoms with Crippen LogP contribution < -0.4 is 11.1 Å². The van der Waals surface area contributed by atoms with Gasteiger partial charge in [0.05, 0.1) is 25.0 Å². The number of carbonyl (C=O) groups excluding carboxylic acids is 3. The number of ether oxygens (including phenoxy) is 2. The number of nitrogens with two attached hydrogens (primary N) is 1. The predicted molar refractivity (Wildman–Crippen MR) is 127 cm³/mol. The number of nitrogens with zero attached hydrogens (tertiary/aromatic N) is 1. The average Bonchev–Trinajstić information content (AvgIpc) is 3.28. The number of methoxy groups -OCH3 is 1. The predicted octanol–water partition coefficient (Wildman–Crippen LogP) is 4.81. The molecule has 170 valence electrons. The number of anilines is 2. The standard InChI is InChI=1S/C22H25N3O5S2/c1-5-7-8-12-9-10-13-15(23)17(32-19(13)24-12)18(26)25-20-14(21(27)29-4)11(3)16(31-20)22(28)30-6-2/h9-10H,5-8,23H2,1-4H3,(H,25,26). The summed E-state index contributed by atoms with van der Waals surface area (Å²) in [6, 6.07) is 3.80. The normalized spacial score (nSPS) is 10.9. The first-order valence-corrected chi connectivity index (χ1v) is 11.8. The van der Waals surface area contributed by atoms with Gasteiger partial charge in [-0.25, -0.2) is 14.6 Å². The van der Waals surface area contributed by atoms with Crippen molar-refractivity contribution >= 4 is 61.4 Å². The zero-order chi connectivity index (χ0) is 23.4. The first-order chi connectivity index (χ1) is 15.3. The summed E-state index contributed by atoms with van der Waals surface area (Å²) < 4.78 is 9.91. The van der Waals surface area contributed by atoms with Gasteiger partial charge >= 0.3 is 11.9 Å². The monoisotopic (exact) mass is 475 g/mol. The molecule has 3 rings (SSSR count). The Balaban J connectivity index is 1.96. The molecule has 3 N–H and O–H groups in total. The Morgan fingerprint density at radius 1 is 1.12 bits per heavy atom. The van der Waals surface area contributed by atoms with Gasteiger partial charge < -0.3 is 20.5 Å². The molecule has 0 atom stereocenters. The fraction of sp³-hybridized carbons (Fsp3) is 0.364. The molecule has 1 amide bonds. The summed E-state index contributed by atoms with van der Waals surface area (Å²) >= 11 is 2.16. The molecule has 3 aromatic heterocycles. The molecule has 0 saturated heterocycles. The maximum Gasteiger partial charge on any atom is 0.348 e. The second-order valence-corrected chi connectivity index (χ2v) is 9.05.